The van der Waals surface area contributed by atoms with Crippen LogP contribution in [-0.4, -0.2) is 96.7 Å². The van der Waals surface area contributed by atoms with E-state index in [1.165, 1.54) is 218 Å². The molecule has 0 saturated carbocycles. The summed E-state index contributed by atoms with van der Waals surface area (Å²) in [6.45, 7) is 14.2. The summed E-state index contributed by atoms with van der Waals surface area (Å²) >= 11 is 0. The van der Waals surface area contributed by atoms with Crippen LogP contribution in [0.5, 0.6) is 0 Å². The van der Waals surface area contributed by atoms with Gasteiger partial charge in [0, 0.05) is 25.7 Å². The molecule has 0 amide bonds. The third-order valence-corrected chi connectivity index (χ3v) is 21.9. The molecule has 0 aliphatic heterocycles. The molecule has 0 bridgehead atoms. The summed E-state index contributed by atoms with van der Waals surface area (Å²) in [5.74, 6) is 0.982. The average Bonchev–Trinajstić information content (AvgIpc) is 0.918. The number of phosphoric acid groups is 2. The molecule has 0 aromatic heterocycles. The molecule has 0 aliphatic rings. The second kappa shape index (κ2) is 72.0. The third kappa shape index (κ3) is 73.6. The second-order valence-electron chi connectivity index (χ2n) is 31.3. The number of hydrogen-bond acceptors (Lipinski definition) is 15. The Morgan fingerprint density at radius 3 is 0.696 bits per heavy atom. The van der Waals surface area contributed by atoms with Gasteiger partial charge < -0.3 is 33.8 Å². The van der Waals surface area contributed by atoms with Crippen molar-refractivity contribution in [1.29, 1.82) is 0 Å². The van der Waals surface area contributed by atoms with Crippen molar-refractivity contribution in [2.45, 2.75) is 446 Å². The highest BCUT2D eigenvalue weighted by atomic mass is 31.2. The Kier molecular flexibility index (Phi) is 70.6. The van der Waals surface area contributed by atoms with Crippen LogP contribution in [0, 0.1) is 23.7 Å². The average molecular weight is 1490 g/mol. The van der Waals surface area contributed by atoms with Crippen molar-refractivity contribution in [1.82, 2.24) is 0 Å². The SMILES string of the molecule is CCC(C)CCCCCCCCCCCCCCCCCCCCC(=O)O[C@H](COC(=O)CCCCCCCCC(C)C)COP(=O)(O)OCC(O)COP(=O)(O)OC[C@@H](COC(=O)CCCCCCCCC(C)C)OC(=O)CCCCCCCCCCCCCCCCCCCCC(C)CC. The predicted octanol–water partition coefficient (Wildman–Crippen LogP) is 24.8. The number of rotatable bonds is 80. The highest BCUT2D eigenvalue weighted by Crippen LogP contribution is 2.45. The lowest BCUT2D eigenvalue weighted by Gasteiger charge is -2.21. The molecular weight excluding hydrogens is 1330 g/mol. The van der Waals surface area contributed by atoms with Crippen LogP contribution in [-0.2, 0) is 65.4 Å². The Bertz CT molecular complexity index is 1860. The summed E-state index contributed by atoms with van der Waals surface area (Å²) < 4.78 is 68.6. The third-order valence-electron chi connectivity index (χ3n) is 20.0. The minimum atomic E-state index is -4.96. The molecule has 17 nitrogen and oxygen atoms in total. The zero-order chi connectivity index (χ0) is 75.3. The zero-order valence-corrected chi connectivity index (χ0v) is 69.0. The Balaban J connectivity index is 5.09. The number of unbranched alkanes of at least 4 members (excludes halogenated alkanes) is 44. The van der Waals surface area contributed by atoms with Crippen LogP contribution >= 0.6 is 15.6 Å². The molecule has 0 radical (unpaired) electrons. The van der Waals surface area contributed by atoms with Crippen LogP contribution in [0.1, 0.15) is 428 Å². The van der Waals surface area contributed by atoms with E-state index in [0.29, 0.717) is 37.5 Å². The lowest BCUT2D eigenvalue weighted by atomic mass is 9.99. The van der Waals surface area contributed by atoms with E-state index in [4.69, 9.17) is 37.0 Å². The summed E-state index contributed by atoms with van der Waals surface area (Å²) in [6.07, 6.45) is 60.2. The molecule has 102 heavy (non-hydrogen) atoms. The summed E-state index contributed by atoms with van der Waals surface area (Å²) in [5, 5.41) is 10.6. The molecule has 6 atom stereocenters. The van der Waals surface area contributed by atoms with Gasteiger partial charge in [0.25, 0.3) is 0 Å². The molecule has 0 aromatic carbocycles. The van der Waals surface area contributed by atoms with Gasteiger partial charge in [-0.1, -0.05) is 376 Å². The highest BCUT2D eigenvalue weighted by Gasteiger charge is 2.30. The molecule has 4 unspecified atom stereocenters. The number of ether oxygens (including phenoxy) is 4. The molecule has 0 aromatic rings. The standard InChI is InChI=1S/C83H162O17P2/c1-9-75(7)61-53-45-35-31-27-23-19-15-11-13-17-21-25-29-33-37-49-57-65-82(87)99-78(69-93-80(85)63-55-47-41-39-43-51-59-73(3)4)71-97-101(89,90)95-67-77(84)68-96-102(91,92)98-72-79(70-94-81(86)64-56-48-42-40-44-52-60-74(5)6)100-83(88)66-58-50-38-34-30-26-22-18-14-12-16-20-24-28-32-36-46-54-62-76(8)10-2/h73-79,84H,9-72H2,1-8H3,(H,89,90)(H,91,92)/t75?,76?,77?,78-,79-/m1/s1. The first-order valence-electron chi connectivity index (χ1n) is 42.8. The van der Waals surface area contributed by atoms with Gasteiger partial charge in [-0.2, -0.15) is 0 Å². The summed E-state index contributed by atoms with van der Waals surface area (Å²) in [4.78, 5) is 72.9. The van der Waals surface area contributed by atoms with Gasteiger partial charge >= 0.3 is 39.5 Å². The van der Waals surface area contributed by atoms with Crippen LogP contribution in [0.15, 0.2) is 0 Å². The van der Waals surface area contributed by atoms with E-state index in [1.54, 1.807) is 0 Å². The van der Waals surface area contributed by atoms with Crippen LogP contribution in [0.25, 0.3) is 0 Å². The lowest BCUT2D eigenvalue weighted by Crippen LogP contribution is -2.30. The fraction of sp³-hybridized carbons (Fsp3) is 0.952. The number of esters is 4. The summed E-state index contributed by atoms with van der Waals surface area (Å²) in [5.41, 5.74) is 0. The van der Waals surface area contributed by atoms with E-state index in [9.17, 15) is 43.2 Å². The van der Waals surface area contributed by atoms with E-state index < -0.39 is 97.5 Å². The van der Waals surface area contributed by atoms with Gasteiger partial charge in [-0.3, -0.25) is 37.3 Å². The fourth-order valence-corrected chi connectivity index (χ4v) is 14.3. The fourth-order valence-electron chi connectivity index (χ4n) is 12.7. The van der Waals surface area contributed by atoms with Crippen molar-refractivity contribution in [2.75, 3.05) is 39.6 Å². The Morgan fingerprint density at radius 1 is 0.275 bits per heavy atom. The Hall–Kier alpha value is -1.94. The van der Waals surface area contributed by atoms with Crippen molar-refractivity contribution < 1.29 is 80.2 Å². The van der Waals surface area contributed by atoms with Gasteiger partial charge in [0.15, 0.2) is 12.2 Å². The maximum atomic E-state index is 13.1. The summed E-state index contributed by atoms with van der Waals surface area (Å²) in [6, 6.07) is 0. The number of aliphatic hydroxyl groups is 1. The maximum Gasteiger partial charge on any atom is 0.472 e. The first-order valence-corrected chi connectivity index (χ1v) is 45.8. The van der Waals surface area contributed by atoms with Crippen LogP contribution in [0.2, 0.25) is 0 Å². The number of carbonyl (C=O) groups is 4. The van der Waals surface area contributed by atoms with Crippen molar-refractivity contribution in [3.8, 4) is 0 Å². The summed E-state index contributed by atoms with van der Waals surface area (Å²) in [7, 11) is -9.92. The van der Waals surface area contributed by atoms with E-state index >= 15 is 0 Å². The molecule has 3 N–H and O–H groups in total. The number of hydrogen-bond donors (Lipinski definition) is 3. The molecule has 0 heterocycles. The quantitative estimate of drug-likeness (QED) is 0.0222. The van der Waals surface area contributed by atoms with E-state index in [-0.39, 0.29) is 25.7 Å². The van der Waals surface area contributed by atoms with Gasteiger partial charge in [0.05, 0.1) is 26.4 Å². The van der Waals surface area contributed by atoms with Gasteiger partial charge in [-0.25, -0.2) is 9.13 Å². The number of carbonyl (C=O) groups excluding carboxylic acids is 4. The predicted molar refractivity (Wildman–Crippen MR) is 418 cm³/mol. The first kappa shape index (κ1) is 100. The largest absolute Gasteiger partial charge is 0.472 e. The molecule has 0 saturated heterocycles. The zero-order valence-electron chi connectivity index (χ0n) is 67.2. The van der Waals surface area contributed by atoms with Crippen LogP contribution in [0.3, 0.4) is 0 Å². The smallest absolute Gasteiger partial charge is 0.462 e. The molecule has 0 rings (SSSR count). The molecule has 0 fully saturated rings. The van der Waals surface area contributed by atoms with Gasteiger partial charge in [0.1, 0.15) is 19.3 Å². The lowest BCUT2D eigenvalue weighted by molar-refractivity contribution is -0.161. The van der Waals surface area contributed by atoms with E-state index in [2.05, 4.69) is 55.4 Å². The van der Waals surface area contributed by atoms with Crippen molar-refractivity contribution in [3.05, 3.63) is 0 Å². The molecule has 19 heteroatoms. The van der Waals surface area contributed by atoms with Crippen molar-refractivity contribution in [3.63, 3.8) is 0 Å². The molecular formula is C83H162O17P2. The normalized spacial score (nSPS) is 14.5. The first-order chi connectivity index (χ1) is 49.2. The topological polar surface area (TPSA) is 237 Å². The monoisotopic (exact) mass is 1490 g/mol. The van der Waals surface area contributed by atoms with Crippen molar-refractivity contribution >= 4 is 39.5 Å². The van der Waals surface area contributed by atoms with E-state index in [1.807, 2.05) is 0 Å². The van der Waals surface area contributed by atoms with Crippen molar-refractivity contribution in [2.24, 2.45) is 23.7 Å². The molecule has 0 spiro atoms. The number of aliphatic hydroxyl groups excluding tert-OH is 1. The minimum Gasteiger partial charge on any atom is -0.462 e. The highest BCUT2D eigenvalue weighted by molar-refractivity contribution is 7.47. The van der Waals surface area contributed by atoms with E-state index in [0.717, 1.165) is 115 Å². The van der Waals surface area contributed by atoms with Gasteiger partial charge in [0.2, 0.25) is 0 Å². The Morgan fingerprint density at radius 2 is 0.471 bits per heavy atom. The van der Waals surface area contributed by atoms with Gasteiger partial charge in [-0.15, -0.1) is 0 Å². The second-order valence-corrected chi connectivity index (χ2v) is 34.2. The molecule has 0 aliphatic carbocycles. The van der Waals surface area contributed by atoms with Crippen LogP contribution < -0.4 is 0 Å². The Labute approximate surface area is 626 Å². The van der Waals surface area contributed by atoms with Crippen LogP contribution in [0.4, 0.5) is 0 Å². The minimum absolute atomic E-state index is 0.107. The number of phosphoric ester groups is 2. The maximum absolute atomic E-state index is 13.1. The molecule has 606 valence electrons. The van der Waals surface area contributed by atoms with Gasteiger partial charge in [-0.05, 0) is 49.4 Å².